The molecular weight excluding hydrogens is 436 g/mol. The maximum atomic E-state index is 13.7. The largest absolute Gasteiger partial charge is 0.353 e. The van der Waals surface area contributed by atoms with Crippen LogP contribution in [0.25, 0.3) is 62.4 Å². The van der Waals surface area contributed by atoms with Crippen molar-refractivity contribution in [3.63, 3.8) is 0 Å². The minimum absolute atomic E-state index is 0.118. The molecule has 0 radical (unpaired) electrons. The molecule has 5 aromatic carbocycles. The highest BCUT2D eigenvalue weighted by Gasteiger charge is 2.20. The predicted molar refractivity (Wildman–Crippen MR) is 137 cm³/mol. The molecule has 0 aliphatic rings. The number of aromatic nitrogens is 2. The first-order valence-electron chi connectivity index (χ1n) is 10.2. The number of aromatic amines is 2. The summed E-state index contributed by atoms with van der Waals surface area (Å²) in [5, 5.41) is 1.83. The monoisotopic (exact) mass is 450 g/mol. The standard InChI is InChI=1S/C26H14N2O2S2/c29-23-13-7-1-2-8-14(13)24(30)20-19(23)21-25(31-17-11-5-3-9-15(17)27-21)26-22(20)28-16-10-4-6-12-18(16)32-26/h1-12,27-28H. The van der Waals surface area contributed by atoms with Crippen molar-refractivity contribution >= 4 is 85.1 Å². The number of H-pyrrole nitrogens is 2. The molecule has 2 N–H and O–H groups in total. The summed E-state index contributed by atoms with van der Waals surface area (Å²) in [7, 11) is 0. The summed E-state index contributed by atoms with van der Waals surface area (Å²) in [6, 6.07) is 23.2. The summed E-state index contributed by atoms with van der Waals surface area (Å²) >= 11 is 3.28. The zero-order valence-electron chi connectivity index (χ0n) is 16.6. The van der Waals surface area contributed by atoms with E-state index >= 15 is 0 Å². The Morgan fingerprint density at radius 2 is 0.938 bits per heavy atom. The molecule has 0 saturated heterocycles. The van der Waals surface area contributed by atoms with Gasteiger partial charge in [-0.2, -0.15) is 0 Å². The number of hydrogen-bond donors (Lipinski definition) is 2. The highest BCUT2D eigenvalue weighted by atomic mass is 32.1. The van der Waals surface area contributed by atoms with Crippen molar-refractivity contribution < 1.29 is 0 Å². The third-order valence-electron chi connectivity index (χ3n) is 6.00. The number of fused-ring (bicyclic) bond motifs is 9. The lowest BCUT2D eigenvalue weighted by molar-refractivity contribution is 1.51. The smallest absolute Gasteiger partial charge is 0.196 e. The van der Waals surface area contributed by atoms with Crippen LogP contribution < -0.4 is 10.9 Å². The topological polar surface area (TPSA) is 65.7 Å². The van der Waals surface area contributed by atoms with E-state index in [0.717, 1.165) is 40.9 Å². The Kier molecular flexibility index (Phi) is 3.57. The van der Waals surface area contributed by atoms with Crippen LogP contribution in [0.1, 0.15) is 0 Å². The summed E-state index contributed by atoms with van der Waals surface area (Å²) in [4.78, 5) is 34.4. The van der Waals surface area contributed by atoms with E-state index in [1.807, 2.05) is 48.5 Å². The van der Waals surface area contributed by atoms with Gasteiger partial charge in [0, 0.05) is 10.8 Å². The van der Waals surface area contributed by atoms with Crippen molar-refractivity contribution in [3.8, 4) is 0 Å². The summed E-state index contributed by atoms with van der Waals surface area (Å²) in [6.07, 6.45) is 0. The first kappa shape index (κ1) is 17.9. The third kappa shape index (κ3) is 2.30. The van der Waals surface area contributed by atoms with Crippen molar-refractivity contribution in [1.82, 2.24) is 9.97 Å². The first-order valence-corrected chi connectivity index (χ1v) is 11.8. The van der Waals surface area contributed by atoms with Crippen molar-refractivity contribution in [2.24, 2.45) is 0 Å². The fourth-order valence-corrected chi connectivity index (χ4v) is 6.89. The maximum absolute atomic E-state index is 13.7. The minimum atomic E-state index is -0.118. The second kappa shape index (κ2) is 6.38. The maximum Gasteiger partial charge on any atom is 0.196 e. The average Bonchev–Trinajstić information content (AvgIpc) is 2.84. The van der Waals surface area contributed by atoms with Gasteiger partial charge in [-0.15, -0.1) is 22.7 Å². The second-order valence-electron chi connectivity index (χ2n) is 7.81. The lowest BCUT2D eigenvalue weighted by atomic mass is 10.0. The molecule has 0 atom stereocenters. The van der Waals surface area contributed by atoms with Gasteiger partial charge in [0.1, 0.15) is 0 Å². The Labute approximate surface area is 188 Å². The molecule has 32 heavy (non-hydrogen) atoms. The van der Waals surface area contributed by atoms with Crippen molar-refractivity contribution in [2.75, 3.05) is 0 Å². The molecule has 0 aliphatic heterocycles. The molecule has 7 rings (SSSR count). The molecule has 7 aromatic rings. The zero-order valence-corrected chi connectivity index (χ0v) is 18.2. The van der Waals surface area contributed by atoms with Gasteiger partial charge in [0.15, 0.2) is 10.9 Å². The molecule has 4 nitrogen and oxygen atoms in total. The molecule has 0 spiro atoms. The number of benzene rings is 5. The summed E-state index contributed by atoms with van der Waals surface area (Å²) in [5.41, 5.74) is 3.11. The molecule has 6 heteroatoms. The molecule has 0 fully saturated rings. The van der Waals surface area contributed by atoms with E-state index in [9.17, 15) is 9.59 Å². The van der Waals surface area contributed by atoms with E-state index in [2.05, 4.69) is 22.1 Å². The van der Waals surface area contributed by atoms with Crippen LogP contribution >= 0.6 is 22.7 Å². The van der Waals surface area contributed by atoms with Crippen molar-refractivity contribution in [2.45, 2.75) is 0 Å². The Bertz CT molecular complexity index is 1890. The molecule has 0 bridgehead atoms. The Morgan fingerprint density at radius 1 is 0.531 bits per heavy atom. The molecular formula is C26H14N2O2S2. The normalized spacial score (nSPS) is 12.0. The number of nitrogens with one attached hydrogen (secondary N) is 2. The van der Waals surface area contributed by atoms with Gasteiger partial charge >= 0.3 is 0 Å². The Balaban J connectivity index is 1.91. The van der Waals surface area contributed by atoms with Crippen LogP contribution in [0, 0.1) is 0 Å². The van der Waals surface area contributed by atoms with E-state index in [-0.39, 0.29) is 10.9 Å². The summed E-state index contributed by atoms with van der Waals surface area (Å²) < 4.78 is 4.14. The molecule has 0 amide bonds. The highest BCUT2D eigenvalue weighted by Crippen LogP contribution is 2.39. The minimum Gasteiger partial charge on any atom is -0.353 e. The third-order valence-corrected chi connectivity index (χ3v) is 8.50. The van der Waals surface area contributed by atoms with Gasteiger partial charge in [0.05, 0.1) is 51.6 Å². The molecule has 2 heterocycles. The van der Waals surface area contributed by atoms with Crippen LogP contribution in [0.5, 0.6) is 0 Å². The molecule has 0 saturated carbocycles. The fraction of sp³-hybridized carbons (Fsp3) is 0. The fourth-order valence-electron chi connectivity index (χ4n) is 4.55. The zero-order chi connectivity index (χ0) is 21.4. The SMILES string of the molecule is O=c1c2ccccc2c(=O)c2c3[nH]c4ccccc4sc3c3sc4ccccc4[nH]c3c12. The number of para-hydroxylation sites is 2. The van der Waals surface area contributed by atoms with Crippen LogP contribution in [0.4, 0.5) is 0 Å². The van der Waals surface area contributed by atoms with Gasteiger partial charge in [-0.1, -0.05) is 48.5 Å². The summed E-state index contributed by atoms with van der Waals surface area (Å²) in [6.45, 7) is 0. The van der Waals surface area contributed by atoms with E-state index in [0.29, 0.717) is 21.5 Å². The van der Waals surface area contributed by atoms with Crippen LogP contribution in [-0.4, -0.2) is 9.97 Å². The van der Waals surface area contributed by atoms with Crippen LogP contribution in [0.2, 0.25) is 0 Å². The first-order chi connectivity index (χ1) is 15.7. The molecule has 0 unspecified atom stereocenters. The predicted octanol–water partition coefficient (Wildman–Crippen LogP) is 6.67. The van der Waals surface area contributed by atoms with Crippen LogP contribution in [-0.2, 0) is 0 Å². The lowest BCUT2D eigenvalue weighted by Gasteiger charge is -2.12. The number of rotatable bonds is 0. The van der Waals surface area contributed by atoms with Crippen molar-refractivity contribution in [3.05, 3.63) is 93.2 Å². The van der Waals surface area contributed by atoms with E-state index < -0.39 is 0 Å². The summed E-state index contributed by atoms with van der Waals surface area (Å²) in [5.74, 6) is 0. The quantitative estimate of drug-likeness (QED) is 0.200. The van der Waals surface area contributed by atoms with Gasteiger partial charge in [-0.3, -0.25) is 9.59 Å². The second-order valence-corrected chi connectivity index (χ2v) is 9.91. The van der Waals surface area contributed by atoms with Gasteiger partial charge < -0.3 is 9.97 Å². The molecule has 2 aromatic heterocycles. The average molecular weight is 451 g/mol. The molecule has 0 aliphatic carbocycles. The van der Waals surface area contributed by atoms with Gasteiger partial charge in [0.2, 0.25) is 0 Å². The van der Waals surface area contributed by atoms with Crippen molar-refractivity contribution in [1.29, 1.82) is 0 Å². The van der Waals surface area contributed by atoms with Gasteiger partial charge in [0.25, 0.3) is 0 Å². The Hall–Kier alpha value is -3.74. The number of hydrogen-bond acceptors (Lipinski definition) is 4. The molecule has 152 valence electrons. The highest BCUT2D eigenvalue weighted by molar-refractivity contribution is 7.32. The van der Waals surface area contributed by atoms with E-state index in [4.69, 9.17) is 0 Å². The van der Waals surface area contributed by atoms with E-state index in [1.165, 1.54) is 0 Å². The van der Waals surface area contributed by atoms with E-state index in [1.54, 1.807) is 34.8 Å². The Morgan fingerprint density at radius 3 is 1.41 bits per heavy atom. The lowest BCUT2D eigenvalue weighted by Crippen LogP contribution is -2.14. The van der Waals surface area contributed by atoms with Gasteiger partial charge in [-0.25, -0.2) is 0 Å². The van der Waals surface area contributed by atoms with Crippen LogP contribution in [0.15, 0.2) is 82.4 Å². The van der Waals surface area contributed by atoms with Crippen LogP contribution in [0.3, 0.4) is 0 Å². The van der Waals surface area contributed by atoms with Gasteiger partial charge in [-0.05, 0) is 24.3 Å².